The molecule has 0 radical (unpaired) electrons. The van der Waals surface area contributed by atoms with Crippen LogP contribution in [0.5, 0.6) is 0 Å². The highest BCUT2D eigenvalue weighted by atomic mass is 35.5. The first-order valence-corrected chi connectivity index (χ1v) is 9.80. The molecule has 30 heavy (non-hydrogen) atoms. The summed E-state index contributed by atoms with van der Waals surface area (Å²) in [6, 6.07) is 15.1. The van der Waals surface area contributed by atoms with E-state index in [9.17, 15) is 9.59 Å². The van der Waals surface area contributed by atoms with Gasteiger partial charge in [-0.25, -0.2) is 5.43 Å². The van der Waals surface area contributed by atoms with Crippen molar-refractivity contribution >= 4 is 35.3 Å². The standard InChI is InChI=1S/C23H23ClN4O2/c1-14-5-6-15(2)21(11-14)26-22(29)23(30)27-25-13-18-12-16(3)28(17(18)4)20-9-7-19(24)8-10-20/h5-13H,1-4H3,(H,26,29)(H,27,30)/b25-13-. The highest BCUT2D eigenvalue weighted by Gasteiger charge is 2.14. The molecule has 0 atom stereocenters. The minimum atomic E-state index is -0.835. The molecule has 6 nitrogen and oxygen atoms in total. The van der Waals surface area contributed by atoms with Crippen LogP contribution in [0.1, 0.15) is 28.1 Å². The van der Waals surface area contributed by atoms with Gasteiger partial charge in [0.1, 0.15) is 0 Å². The number of carbonyl (C=O) groups excluding carboxylic acids is 2. The lowest BCUT2D eigenvalue weighted by Gasteiger charge is -2.09. The molecular formula is C23H23ClN4O2. The molecule has 2 N–H and O–H groups in total. The molecule has 0 bridgehead atoms. The molecule has 0 saturated heterocycles. The van der Waals surface area contributed by atoms with E-state index >= 15 is 0 Å². The number of hydrogen-bond donors (Lipinski definition) is 2. The fraction of sp³-hybridized carbons (Fsp3) is 0.174. The van der Waals surface area contributed by atoms with Gasteiger partial charge in [-0.2, -0.15) is 5.10 Å². The minimum absolute atomic E-state index is 0.602. The van der Waals surface area contributed by atoms with Crippen LogP contribution < -0.4 is 10.7 Å². The van der Waals surface area contributed by atoms with Gasteiger partial charge in [0.15, 0.2) is 0 Å². The lowest BCUT2D eigenvalue weighted by molar-refractivity contribution is -0.136. The molecule has 0 aliphatic heterocycles. The topological polar surface area (TPSA) is 75.5 Å². The summed E-state index contributed by atoms with van der Waals surface area (Å²) >= 11 is 5.97. The highest BCUT2D eigenvalue weighted by Crippen LogP contribution is 2.21. The van der Waals surface area contributed by atoms with Gasteiger partial charge in [-0.05, 0) is 75.2 Å². The molecule has 2 aromatic carbocycles. The number of hydrazone groups is 1. The van der Waals surface area contributed by atoms with Crippen LogP contribution in [0.4, 0.5) is 5.69 Å². The Hall–Kier alpha value is -3.38. The van der Waals surface area contributed by atoms with Crippen LogP contribution in [0, 0.1) is 27.7 Å². The summed E-state index contributed by atoms with van der Waals surface area (Å²) in [7, 11) is 0. The summed E-state index contributed by atoms with van der Waals surface area (Å²) < 4.78 is 2.06. The number of benzene rings is 2. The normalized spacial score (nSPS) is 11.0. The fourth-order valence-corrected chi connectivity index (χ4v) is 3.29. The first-order valence-electron chi connectivity index (χ1n) is 9.43. The van der Waals surface area contributed by atoms with E-state index in [1.807, 2.05) is 76.2 Å². The third-order valence-corrected chi connectivity index (χ3v) is 5.02. The molecule has 7 heteroatoms. The number of aryl methyl sites for hydroxylation is 3. The van der Waals surface area contributed by atoms with Crippen molar-refractivity contribution in [1.82, 2.24) is 9.99 Å². The van der Waals surface area contributed by atoms with Crippen LogP contribution in [-0.4, -0.2) is 22.6 Å². The zero-order valence-electron chi connectivity index (χ0n) is 17.3. The number of hydrogen-bond acceptors (Lipinski definition) is 3. The van der Waals surface area contributed by atoms with E-state index < -0.39 is 11.8 Å². The van der Waals surface area contributed by atoms with E-state index in [0.717, 1.165) is 33.8 Å². The molecule has 0 spiro atoms. The second kappa shape index (κ2) is 8.97. The number of aromatic nitrogens is 1. The van der Waals surface area contributed by atoms with Gasteiger partial charge in [-0.15, -0.1) is 0 Å². The Morgan fingerprint density at radius 1 is 0.967 bits per heavy atom. The summed E-state index contributed by atoms with van der Waals surface area (Å²) in [5.74, 6) is -1.61. The molecule has 0 unspecified atom stereocenters. The summed E-state index contributed by atoms with van der Waals surface area (Å²) in [6.45, 7) is 7.72. The van der Waals surface area contributed by atoms with Gasteiger partial charge >= 0.3 is 11.8 Å². The van der Waals surface area contributed by atoms with Gasteiger partial charge in [-0.3, -0.25) is 9.59 Å². The number of anilines is 1. The fourth-order valence-electron chi connectivity index (χ4n) is 3.17. The molecule has 154 valence electrons. The van der Waals surface area contributed by atoms with Gasteiger partial charge in [0, 0.05) is 33.3 Å². The molecule has 0 saturated carbocycles. The quantitative estimate of drug-likeness (QED) is 0.370. The van der Waals surface area contributed by atoms with Crippen molar-refractivity contribution < 1.29 is 9.59 Å². The molecule has 3 rings (SSSR count). The van der Waals surface area contributed by atoms with Crippen LogP contribution in [0.3, 0.4) is 0 Å². The first-order chi connectivity index (χ1) is 14.3. The van der Waals surface area contributed by atoms with Crippen molar-refractivity contribution in [3.05, 3.63) is 81.6 Å². The highest BCUT2D eigenvalue weighted by molar-refractivity contribution is 6.39. The summed E-state index contributed by atoms with van der Waals surface area (Å²) in [4.78, 5) is 24.2. The Kier molecular flexibility index (Phi) is 6.37. The van der Waals surface area contributed by atoms with E-state index in [0.29, 0.717) is 10.7 Å². The van der Waals surface area contributed by atoms with E-state index in [4.69, 9.17) is 11.6 Å². The first kappa shape index (κ1) is 21.3. The predicted molar refractivity (Wildman–Crippen MR) is 121 cm³/mol. The predicted octanol–water partition coefficient (Wildman–Crippen LogP) is 4.45. The van der Waals surface area contributed by atoms with Crippen LogP contribution >= 0.6 is 11.6 Å². The Balaban J connectivity index is 1.68. The number of carbonyl (C=O) groups is 2. The average molecular weight is 423 g/mol. The van der Waals surface area contributed by atoms with E-state index in [2.05, 4.69) is 20.4 Å². The molecule has 0 fully saturated rings. The van der Waals surface area contributed by atoms with E-state index in [1.54, 1.807) is 0 Å². The van der Waals surface area contributed by atoms with E-state index in [-0.39, 0.29) is 0 Å². The molecule has 0 aliphatic carbocycles. The number of halogens is 1. The Labute approximate surface area is 180 Å². The Morgan fingerprint density at radius 2 is 1.67 bits per heavy atom. The van der Waals surface area contributed by atoms with Crippen LogP contribution in [0.25, 0.3) is 5.69 Å². The molecular weight excluding hydrogens is 400 g/mol. The van der Waals surface area contributed by atoms with Crippen LogP contribution in [-0.2, 0) is 9.59 Å². The molecule has 1 heterocycles. The van der Waals surface area contributed by atoms with Gasteiger partial charge in [0.2, 0.25) is 0 Å². The summed E-state index contributed by atoms with van der Waals surface area (Å²) in [5, 5.41) is 7.23. The minimum Gasteiger partial charge on any atom is -0.318 e. The van der Waals surface area contributed by atoms with Gasteiger partial charge in [-0.1, -0.05) is 23.7 Å². The third-order valence-electron chi connectivity index (χ3n) is 4.77. The second-order valence-electron chi connectivity index (χ2n) is 7.11. The zero-order chi connectivity index (χ0) is 21.8. The lowest BCUT2D eigenvalue weighted by atomic mass is 10.1. The maximum absolute atomic E-state index is 12.1. The van der Waals surface area contributed by atoms with Crippen molar-refractivity contribution in [2.24, 2.45) is 5.10 Å². The Bertz CT molecular complexity index is 1130. The van der Waals surface area contributed by atoms with Crippen LogP contribution in [0.2, 0.25) is 5.02 Å². The average Bonchev–Trinajstić information content (AvgIpc) is 2.98. The number of rotatable bonds is 4. The van der Waals surface area contributed by atoms with Gasteiger partial charge in [0.05, 0.1) is 6.21 Å². The van der Waals surface area contributed by atoms with Crippen molar-refractivity contribution in [3.63, 3.8) is 0 Å². The molecule has 3 aromatic rings. The summed E-state index contributed by atoms with van der Waals surface area (Å²) in [6.07, 6.45) is 1.53. The van der Waals surface area contributed by atoms with Crippen molar-refractivity contribution in [3.8, 4) is 5.69 Å². The number of amides is 2. The number of nitrogens with zero attached hydrogens (tertiary/aromatic N) is 2. The zero-order valence-corrected chi connectivity index (χ0v) is 18.0. The molecule has 0 aliphatic rings. The van der Waals surface area contributed by atoms with E-state index in [1.165, 1.54) is 6.21 Å². The van der Waals surface area contributed by atoms with Crippen molar-refractivity contribution in [1.29, 1.82) is 0 Å². The molecule has 2 amide bonds. The Morgan fingerprint density at radius 3 is 2.37 bits per heavy atom. The van der Waals surface area contributed by atoms with Gasteiger partial charge in [0.25, 0.3) is 0 Å². The maximum Gasteiger partial charge on any atom is 0.329 e. The monoisotopic (exact) mass is 422 g/mol. The molecule has 1 aromatic heterocycles. The second-order valence-corrected chi connectivity index (χ2v) is 7.55. The van der Waals surface area contributed by atoms with Gasteiger partial charge < -0.3 is 9.88 Å². The van der Waals surface area contributed by atoms with Crippen molar-refractivity contribution in [2.45, 2.75) is 27.7 Å². The van der Waals surface area contributed by atoms with Crippen LogP contribution in [0.15, 0.2) is 53.6 Å². The lowest BCUT2D eigenvalue weighted by Crippen LogP contribution is -2.32. The van der Waals surface area contributed by atoms with Crippen molar-refractivity contribution in [2.75, 3.05) is 5.32 Å². The third kappa shape index (κ3) is 4.78. The SMILES string of the molecule is Cc1ccc(C)c(NC(=O)C(=O)N/N=C\c2cc(C)n(-c3ccc(Cl)cc3)c2C)c1. The summed E-state index contributed by atoms with van der Waals surface area (Å²) in [5.41, 5.74) is 8.52. The largest absolute Gasteiger partial charge is 0.329 e. The number of nitrogens with one attached hydrogen (secondary N) is 2. The smallest absolute Gasteiger partial charge is 0.318 e. The maximum atomic E-state index is 12.1.